The molecule has 0 spiro atoms. The van der Waals surface area contributed by atoms with Gasteiger partial charge in [0.2, 0.25) is 0 Å². The number of nitrogens with one attached hydrogen (secondary N) is 1. The summed E-state index contributed by atoms with van der Waals surface area (Å²) in [5, 5.41) is 7.37. The van der Waals surface area contributed by atoms with Crippen LogP contribution in [-0.4, -0.2) is 16.8 Å². The Labute approximate surface area is 111 Å². The van der Waals surface area contributed by atoms with Crippen LogP contribution in [0.2, 0.25) is 0 Å². The largest absolute Gasteiger partial charge is 0.309 e. The summed E-state index contributed by atoms with van der Waals surface area (Å²) in [5.74, 6) is -1.65. The van der Waals surface area contributed by atoms with Gasteiger partial charge in [0.05, 0.1) is 11.7 Å². The summed E-state index contributed by atoms with van der Waals surface area (Å²) in [7, 11) is 3.54. The molecule has 2 rings (SSSR count). The van der Waals surface area contributed by atoms with Crippen molar-refractivity contribution < 1.29 is 8.78 Å². The molecule has 1 heterocycles. The molecule has 2 aromatic rings. The first-order valence-corrected chi connectivity index (χ1v) is 6.22. The Bertz CT molecular complexity index is 578. The molecular formula is C14H17F2N3. The zero-order chi connectivity index (χ0) is 14.0. The molecule has 0 radical (unpaired) electrons. The van der Waals surface area contributed by atoms with Crippen molar-refractivity contribution in [3.63, 3.8) is 0 Å². The van der Waals surface area contributed by atoms with Gasteiger partial charge in [0.1, 0.15) is 0 Å². The van der Waals surface area contributed by atoms with Gasteiger partial charge in [-0.15, -0.1) is 0 Å². The van der Waals surface area contributed by atoms with E-state index < -0.39 is 17.7 Å². The Balaban J connectivity index is 2.53. The van der Waals surface area contributed by atoms with Crippen molar-refractivity contribution in [2.45, 2.75) is 19.4 Å². The Morgan fingerprint density at radius 2 is 2.05 bits per heavy atom. The first-order chi connectivity index (χ1) is 9.08. The molecule has 0 bridgehead atoms. The van der Waals surface area contributed by atoms with E-state index in [-0.39, 0.29) is 0 Å². The third-order valence-electron chi connectivity index (χ3n) is 3.16. The van der Waals surface area contributed by atoms with E-state index in [4.69, 9.17) is 0 Å². The molecule has 102 valence electrons. The molecule has 1 unspecified atom stereocenters. The topological polar surface area (TPSA) is 29.9 Å². The zero-order valence-electron chi connectivity index (χ0n) is 11.2. The first-order valence-electron chi connectivity index (χ1n) is 6.22. The van der Waals surface area contributed by atoms with E-state index >= 15 is 0 Å². The molecule has 0 saturated heterocycles. The molecule has 0 saturated carbocycles. The lowest BCUT2D eigenvalue weighted by Crippen LogP contribution is -2.20. The van der Waals surface area contributed by atoms with Gasteiger partial charge in [0.15, 0.2) is 11.6 Å². The maximum Gasteiger partial charge on any atom is 0.163 e. The summed E-state index contributed by atoms with van der Waals surface area (Å²) in [5.41, 5.74) is 2.05. The zero-order valence-corrected chi connectivity index (χ0v) is 11.2. The Morgan fingerprint density at radius 3 is 2.68 bits per heavy atom. The van der Waals surface area contributed by atoms with Crippen LogP contribution in [0.3, 0.4) is 0 Å². The van der Waals surface area contributed by atoms with E-state index in [1.807, 2.05) is 20.2 Å². The molecule has 19 heavy (non-hydrogen) atoms. The lowest BCUT2D eigenvalue weighted by Gasteiger charge is -2.17. The molecule has 1 aromatic carbocycles. The fourth-order valence-corrected chi connectivity index (χ4v) is 2.29. The Morgan fingerprint density at radius 1 is 1.32 bits per heavy atom. The summed E-state index contributed by atoms with van der Waals surface area (Å²) in [6, 6.07) is 3.82. The Kier molecular flexibility index (Phi) is 3.95. The number of hydrogen-bond donors (Lipinski definition) is 1. The maximum atomic E-state index is 13.9. The second-order valence-electron chi connectivity index (χ2n) is 4.42. The van der Waals surface area contributed by atoms with Crippen LogP contribution in [0.15, 0.2) is 24.4 Å². The molecule has 0 aliphatic carbocycles. The van der Waals surface area contributed by atoms with Crippen molar-refractivity contribution in [1.82, 2.24) is 15.1 Å². The van der Waals surface area contributed by atoms with Gasteiger partial charge in [0.25, 0.3) is 0 Å². The molecule has 0 aliphatic heterocycles. The van der Waals surface area contributed by atoms with E-state index in [2.05, 4.69) is 10.4 Å². The fraction of sp³-hybridized carbons (Fsp3) is 0.357. The average Bonchev–Trinajstić information content (AvgIpc) is 2.76. The van der Waals surface area contributed by atoms with Gasteiger partial charge in [-0.25, -0.2) is 8.78 Å². The third-order valence-corrected chi connectivity index (χ3v) is 3.16. The molecule has 3 nitrogen and oxygen atoms in total. The van der Waals surface area contributed by atoms with Crippen molar-refractivity contribution in [2.75, 3.05) is 7.05 Å². The summed E-state index contributed by atoms with van der Waals surface area (Å²) in [6.45, 7) is 1.99. The van der Waals surface area contributed by atoms with Crippen molar-refractivity contribution in [3.05, 3.63) is 52.9 Å². The molecule has 1 atom stereocenters. The number of rotatable bonds is 4. The van der Waals surface area contributed by atoms with E-state index in [1.54, 1.807) is 17.8 Å². The monoisotopic (exact) mass is 265 g/mol. The van der Waals surface area contributed by atoms with Crippen molar-refractivity contribution in [2.24, 2.45) is 7.05 Å². The second-order valence-corrected chi connectivity index (χ2v) is 4.42. The number of aryl methyl sites for hydroxylation is 2. The van der Waals surface area contributed by atoms with Crippen LogP contribution in [-0.2, 0) is 13.5 Å². The minimum Gasteiger partial charge on any atom is -0.309 e. The normalized spacial score (nSPS) is 12.7. The van der Waals surface area contributed by atoms with E-state index in [0.717, 1.165) is 23.7 Å². The molecule has 0 fully saturated rings. The molecule has 1 aromatic heterocycles. The molecule has 0 amide bonds. The predicted molar refractivity (Wildman–Crippen MR) is 69.8 cm³/mol. The van der Waals surface area contributed by atoms with Crippen LogP contribution < -0.4 is 5.32 Å². The third kappa shape index (κ3) is 2.51. The number of halogens is 2. The van der Waals surface area contributed by atoms with Gasteiger partial charge in [-0.2, -0.15) is 5.10 Å². The highest BCUT2D eigenvalue weighted by molar-refractivity contribution is 5.34. The van der Waals surface area contributed by atoms with Crippen LogP contribution in [0.5, 0.6) is 0 Å². The van der Waals surface area contributed by atoms with Crippen LogP contribution in [0.1, 0.15) is 29.8 Å². The van der Waals surface area contributed by atoms with E-state index in [9.17, 15) is 8.78 Å². The van der Waals surface area contributed by atoms with Crippen LogP contribution in [0.4, 0.5) is 8.78 Å². The predicted octanol–water partition coefficient (Wildman–Crippen LogP) is 2.57. The van der Waals surface area contributed by atoms with Crippen molar-refractivity contribution in [1.29, 1.82) is 0 Å². The molecule has 0 aliphatic rings. The fourth-order valence-electron chi connectivity index (χ4n) is 2.29. The van der Waals surface area contributed by atoms with Gasteiger partial charge in [-0.1, -0.05) is 19.1 Å². The van der Waals surface area contributed by atoms with Crippen LogP contribution in [0.25, 0.3) is 0 Å². The van der Waals surface area contributed by atoms with E-state index in [1.165, 1.54) is 6.07 Å². The number of nitrogens with zero attached hydrogens (tertiary/aromatic N) is 2. The highest BCUT2D eigenvalue weighted by atomic mass is 19.2. The number of hydrogen-bond acceptors (Lipinski definition) is 2. The van der Waals surface area contributed by atoms with Gasteiger partial charge < -0.3 is 5.32 Å². The maximum absolute atomic E-state index is 13.9. The van der Waals surface area contributed by atoms with Gasteiger partial charge in [-0.05, 0) is 19.5 Å². The van der Waals surface area contributed by atoms with Crippen molar-refractivity contribution in [3.8, 4) is 0 Å². The standard InChI is InChI=1S/C14H17F2N3/c1-4-12-10(8-19(3)18-12)14(17-2)9-6-5-7-11(15)13(9)16/h5-8,14,17H,4H2,1-3H3. The SMILES string of the molecule is CCc1nn(C)cc1C(NC)c1cccc(F)c1F. The number of aromatic nitrogens is 2. The van der Waals surface area contributed by atoms with Crippen LogP contribution in [0, 0.1) is 11.6 Å². The smallest absolute Gasteiger partial charge is 0.163 e. The van der Waals surface area contributed by atoms with E-state index in [0.29, 0.717) is 5.56 Å². The molecule has 5 heteroatoms. The Hall–Kier alpha value is -1.75. The molecular weight excluding hydrogens is 248 g/mol. The van der Waals surface area contributed by atoms with Crippen molar-refractivity contribution >= 4 is 0 Å². The summed E-state index contributed by atoms with van der Waals surface area (Å²) >= 11 is 0. The minimum absolute atomic E-state index is 0.296. The first kappa shape index (κ1) is 13.7. The lowest BCUT2D eigenvalue weighted by molar-refractivity contribution is 0.487. The summed E-state index contributed by atoms with van der Waals surface area (Å²) in [4.78, 5) is 0. The van der Waals surface area contributed by atoms with Gasteiger partial charge in [0, 0.05) is 24.4 Å². The molecule has 1 N–H and O–H groups in total. The summed E-state index contributed by atoms with van der Waals surface area (Å²) < 4.78 is 29.0. The van der Waals surface area contributed by atoms with Gasteiger partial charge >= 0.3 is 0 Å². The number of benzene rings is 1. The average molecular weight is 265 g/mol. The minimum atomic E-state index is -0.834. The second kappa shape index (κ2) is 5.48. The highest BCUT2D eigenvalue weighted by Gasteiger charge is 2.22. The quantitative estimate of drug-likeness (QED) is 0.920. The van der Waals surface area contributed by atoms with Crippen LogP contribution >= 0.6 is 0 Å². The lowest BCUT2D eigenvalue weighted by atomic mass is 9.98. The van der Waals surface area contributed by atoms with Gasteiger partial charge in [-0.3, -0.25) is 4.68 Å². The summed E-state index contributed by atoms with van der Waals surface area (Å²) in [6.07, 6.45) is 2.58. The highest BCUT2D eigenvalue weighted by Crippen LogP contribution is 2.27.